The van der Waals surface area contributed by atoms with Crippen molar-refractivity contribution in [3.05, 3.63) is 69.9 Å². The van der Waals surface area contributed by atoms with Gasteiger partial charge in [-0.05, 0) is 118 Å². The molecule has 40 heavy (non-hydrogen) atoms. The molecule has 0 aromatic rings. The maximum absolute atomic E-state index is 3.36. The minimum absolute atomic E-state index is 0.0865. The zero-order chi connectivity index (χ0) is 29.8. The van der Waals surface area contributed by atoms with Crippen LogP contribution < -0.4 is 0 Å². The van der Waals surface area contributed by atoms with Crippen LogP contribution in [0.15, 0.2) is 69.9 Å². The van der Waals surface area contributed by atoms with Crippen LogP contribution in [0.1, 0.15) is 121 Å². The van der Waals surface area contributed by atoms with Crippen molar-refractivity contribution in [3.8, 4) is 35.5 Å². The molecule has 0 nitrogen and oxygen atoms in total. The molecule has 2 aliphatic rings. The first-order valence-corrected chi connectivity index (χ1v) is 15.4. The lowest BCUT2D eigenvalue weighted by atomic mass is 9.72. The average molecular weight is 535 g/mol. The van der Waals surface area contributed by atoms with Crippen molar-refractivity contribution in [1.82, 2.24) is 0 Å². The molecule has 0 heterocycles. The lowest BCUT2D eigenvalue weighted by molar-refractivity contribution is 0.376. The molecule has 0 saturated heterocycles. The Morgan fingerprint density at radius 1 is 0.850 bits per heavy atom. The first-order chi connectivity index (χ1) is 18.8. The van der Waals surface area contributed by atoms with Crippen LogP contribution in [0.4, 0.5) is 0 Å². The predicted octanol–water partition coefficient (Wildman–Crippen LogP) is 11.1. The van der Waals surface area contributed by atoms with Crippen molar-refractivity contribution >= 4 is 0 Å². The van der Waals surface area contributed by atoms with Gasteiger partial charge in [-0.3, -0.25) is 0 Å². The molecule has 2 rings (SSSR count). The molecule has 2 aliphatic carbocycles. The Morgan fingerprint density at radius 3 is 2.02 bits per heavy atom. The van der Waals surface area contributed by atoms with Crippen molar-refractivity contribution in [2.75, 3.05) is 0 Å². The predicted molar refractivity (Wildman–Crippen MR) is 177 cm³/mol. The summed E-state index contributed by atoms with van der Waals surface area (Å²) >= 11 is 0. The monoisotopic (exact) mass is 534 g/mol. The van der Waals surface area contributed by atoms with Crippen LogP contribution >= 0.6 is 0 Å². The Morgan fingerprint density at radius 2 is 1.43 bits per heavy atom. The van der Waals surface area contributed by atoms with E-state index in [1.807, 2.05) is 6.08 Å². The van der Waals surface area contributed by atoms with E-state index in [1.54, 1.807) is 5.57 Å². The standard InChI is InChI=1S/C40H54/c1-31(19-13-21-33(3)25-27-37-35(5)23-15-29-39(37,7)8)17-11-12-18-32(2)20-14-22-34(4)26-28-38-36(6)24-16-30-40(38,9)10/h17,21,25-28,32,34H,11,15-16,22-24,29-30H2,1-10H3/b27-25+,28-26+,31-17+,33-21-. The Bertz CT molecular complexity index is 1260. The molecule has 0 saturated carbocycles. The second-order valence-electron chi connectivity index (χ2n) is 13.3. The van der Waals surface area contributed by atoms with Gasteiger partial charge in [0.2, 0.25) is 0 Å². The summed E-state index contributed by atoms with van der Waals surface area (Å²) in [7, 11) is 0. The third-order valence-electron chi connectivity index (χ3n) is 8.33. The SMILES string of the molecule is CC1=C(/C=C/C(C)=C\C#C/C(C)=C/CC#CC(C)C#CCC(C)/C=C/C2=C(C)CCCC2(C)C)C(C)(C)CCC1. The molecule has 0 N–H and O–H groups in total. The average Bonchev–Trinajstić information content (AvgIpc) is 2.85. The molecule has 0 aliphatic heterocycles. The molecule has 0 heteroatoms. The van der Waals surface area contributed by atoms with Gasteiger partial charge < -0.3 is 0 Å². The number of hydrogen-bond donors (Lipinski definition) is 0. The molecule has 2 atom stereocenters. The summed E-state index contributed by atoms with van der Waals surface area (Å²) in [6.45, 7) is 22.5. The lowest BCUT2D eigenvalue weighted by Crippen LogP contribution is -2.19. The van der Waals surface area contributed by atoms with Crippen LogP contribution in [-0.4, -0.2) is 0 Å². The second-order valence-corrected chi connectivity index (χ2v) is 13.3. The summed E-state index contributed by atoms with van der Waals surface area (Å²) in [6.07, 6.45) is 22.5. The topological polar surface area (TPSA) is 0 Å². The minimum Gasteiger partial charge on any atom is -0.101 e. The zero-order valence-corrected chi connectivity index (χ0v) is 27.3. The van der Waals surface area contributed by atoms with E-state index in [1.165, 1.54) is 60.8 Å². The Kier molecular flexibility index (Phi) is 13.2. The third-order valence-corrected chi connectivity index (χ3v) is 8.33. The summed E-state index contributed by atoms with van der Waals surface area (Å²) in [5.74, 6) is 20.2. The highest BCUT2D eigenvalue weighted by Gasteiger charge is 2.27. The lowest BCUT2D eigenvalue weighted by Gasteiger charge is -2.33. The van der Waals surface area contributed by atoms with Crippen molar-refractivity contribution in [1.29, 1.82) is 0 Å². The van der Waals surface area contributed by atoms with Gasteiger partial charge >= 0.3 is 0 Å². The minimum atomic E-state index is 0.0865. The van der Waals surface area contributed by atoms with Gasteiger partial charge in [-0.2, -0.15) is 0 Å². The van der Waals surface area contributed by atoms with Crippen LogP contribution in [-0.2, 0) is 0 Å². The molecule has 0 spiro atoms. The Labute approximate surface area is 248 Å². The van der Waals surface area contributed by atoms with Crippen molar-refractivity contribution in [2.24, 2.45) is 22.7 Å². The molecule has 0 fully saturated rings. The second kappa shape index (κ2) is 15.8. The fourth-order valence-electron chi connectivity index (χ4n) is 5.75. The van der Waals surface area contributed by atoms with E-state index in [2.05, 4.69) is 135 Å². The summed E-state index contributed by atoms with van der Waals surface area (Å²) < 4.78 is 0. The molecular formula is C40H54. The van der Waals surface area contributed by atoms with E-state index < -0.39 is 0 Å². The normalized spacial score (nSPS) is 20.9. The molecule has 0 aromatic carbocycles. The van der Waals surface area contributed by atoms with Crippen molar-refractivity contribution in [2.45, 2.75) is 121 Å². The van der Waals surface area contributed by atoms with Gasteiger partial charge in [0.05, 0.1) is 5.92 Å². The molecule has 0 radical (unpaired) electrons. The van der Waals surface area contributed by atoms with Crippen LogP contribution in [0.5, 0.6) is 0 Å². The van der Waals surface area contributed by atoms with E-state index in [0.29, 0.717) is 17.8 Å². The molecular weight excluding hydrogens is 480 g/mol. The summed E-state index contributed by atoms with van der Waals surface area (Å²) in [5.41, 5.74) is 8.91. The number of rotatable bonds is 6. The highest BCUT2D eigenvalue weighted by Crippen LogP contribution is 2.41. The van der Waals surface area contributed by atoms with Crippen LogP contribution in [0, 0.1) is 58.2 Å². The molecule has 0 amide bonds. The van der Waals surface area contributed by atoms with Crippen molar-refractivity contribution in [3.63, 3.8) is 0 Å². The van der Waals surface area contributed by atoms with Crippen LogP contribution in [0.3, 0.4) is 0 Å². The van der Waals surface area contributed by atoms with E-state index in [-0.39, 0.29) is 11.3 Å². The van der Waals surface area contributed by atoms with Gasteiger partial charge in [0.25, 0.3) is 0 Å². The van der Waals surface area contributed by atoms with Crippen molar-refractivity contribution < 1.29 is 0 Å². The fourth-order valence-corrected chi connectivity index (χ4v) is 5.75. The van der Waals surface area contributed by atoms with Gasteiger partial charge in [0.15, 0.2) is 0 Å². The first-order valence-electron chi connectivity index (χ1n) is 15.4. The summed E-state index contributed by atoms with van der Waals surface area (Å²) in [6, 6.07) is 0. The smallest absolute Gasteiger partial charge is 0.0783 e. The fraction of sp³-hybridized carbons (Fsp3) is 0.550. The van der Waals surface area contributed by atoms with Crippen LogP contribution in [0.2, 0.25) is 0 Å². The summed E-state index contributed by atoms with van der Waals surface area (Å²) in [4.78, 5) is 0. The molecule has 2 unspecified atom stereocenters. The van der Waals surface area contributed by atoms with Gasteiger partial charge in [0.1, 0.15) is 0 Å². The van der Waals surface area contributed by atoms with E-state index in [4.69, 9.17) is 0 Å². The van der Waals surface area contributed by atoms with E-state index in [0.717, 1.165) is 12.0 Å². The first kappa shape index (κ1) is 33.3. The molecule has 0 bridgehead atoms. The van der Waals surface area contributed by atoms with Gasteiger partial charge in [-0.15, -0.1) is 5.92 Å². The molecule has 0 aromatic heterocycles. The zero-order valence-electron chi connectivity index (χ0n) is 27.3. The van der Waals surface area contributed by atoms with E-state index >= 15 is 0 Å². The highest BCUT2D eigenvalue weighted by atomic mass is 14.3. The molecule has 214 valence electrons. The third kappa shape index (κ3) is 11.3. The quantitative estimate of drug-likeness (QED) is 0.235. The van der Waals surface area contributed by atoms with Gasteiger partial charge in [-0.25, -0.2) is 0 Å². The van der Waals surface area contributed by atoms with Crippen LogP contribution in [0.25, 0.3) is 0 Å². The van der Waals surface area contributed by atoms with Gasteiger partial charge in [-0.1, -0.05) is 106 Å². The Hall–Kier alpha value is -2.88. The number of hydrogen-bond acceptors (Lipinski definition) is 0. The maximum atomic E-state index is 3.36. The summed E-state index contributed by atoms with van der Waals surface area (Å²) in [5, 5.41) is 0. The largest absolute Gasteiger partial charge is 0.101 e. The van der Waals surface area contributed by atoms with Gasteiger partial charge in [0, 0.05) is 12.8 Å². The number of allylic oxidation sites excluding steroid dienone is 12. The Balaban J connectivity index is 1.83. The highest BCUT2D eigenvalue weighted by molar-refractivity contribution is 5.39. The maximum Gasteiger partial charge on any atom is 0.0783 e. The van der Waals surface area contributed by atoms with E-state index in [9.17, 15) is 0 Å².